The first kappa shape index (κ1) is 18.7. The third-order valence-corrected chi connectivity index (χ3v) is 3.28. The highest BCUT2D eigenvalue weighted by atomic mass is 35.5. The second-order valence-electron chi connectivity index (χ2n) is 4.75. The van der Waals surface area contributed by atoms with Crippen LogP contribution in [0.15, 0.2) is 6.07 Å². The van der Waals surface area contributed by atoms with E-state index in [0.29, 0.717) is 19.5 Å². The predicted octanol–water partition coefficient (Wildman–Crippen LogP) is 1.28. The Morgan fingerprint density at radius 2 is 2.05 bits per heavy atom. The smallest absolute Gasteiger partial charge is 0.308 e. The highest BCUT2D eigenvalue weighted by Gasteiger charge is 2.30. The molecular formula is C12H19Cl2N3O3. The Morgan fingerprint density at radius 1 is 1.40 bits per heavy atom. The van der Waals surface area contributed by atoms with Gasteiger partial charge in [-0.3, -0.25) is 14.3 Å². The van der Waals surface area contributed by atoms with Gasteiger partial charge in [0.15, 0.2) is 0 Å². The zero-order chi connectivity index (χ0) is 13.3. The van der Waals surface area contributed by atoms with Crippen molar-refractivity contribution in [3.8, 4) is 0 Å². The van der Waals surface area contributed by atoms with Crippen LogP contribution in [0.2, 0.25) is 0 Å². The van der Waals surface area contributed by atoms with Gasteiger partial charge >= 0.3 is 5.97 Å². The Balaban J connectivity index is 0.00000180. The third-order valence-electron chi connectivity index (χ3n) is 3.28. The number of carboxylic acids is 1. The van der Waals surface area contributed by atoms with E-state index in [1.807, 2.05) is 19.9 Å². The summed E-state index contributed by atoms with van der Waals surface area (Å²) in [7, 11) is 0. The van der Waals surface area contributed by atoms with Crippen molar-refractivity contribution in [2.24, 2.45) is 5.92 Å². The van der Waals surface area contributed by atoms with Crippen molar-refractivity contribution >= 4 is 36.7 Å². The van der Waals surface area contributed by atoms with Gasteiger partial charge in [0.1, 0.15) is 6.54 Å². The van der Waals surface area contributed by atoms with Crippen molar-refractivity contribution in [3.63, 3.8) is 0 Å². The average Bonchev–Trinajstić information content (AvgIpc) is 2.86. The van der Waals surface area contributed by atoms with Gasteiger partial charge in [-0.1, -0.05) is 0 Å². The first-order valence-electron chi connectivity index (χ1n) is 5.99. The monoisotopic (exact) mass is 323 g/mol. The molecule has 8 heteroatoms. The van der Waals surface area contributed by atoms with Crippen molar-refractivity contribution in [3.05, 3.63) is 17.5 Å². The molecule has 1 aromatic rings. The fraction of sp³-hybridized carbons (Fsp3) is 0.583. The molecule has 1 fully saturated rings. The highest BCUT2D eigenvalue weighted by molar-refractivity contribution is 5.85. The van der Waals surface area contributed by atoms with E-state index in [2.05, 4.69) is 5.10 Å². The van der Waals surface area contributed by atoms with Crippen LogP contribution in [0.1, 0.15) is 17.8 Å². The number of aryl methyl sites for hydroxylation is 2. The van der Waals surface area contributed by atoms with E-state index < -0.39 is 11.9 Å². The van der Waals surface area contributed by atoms with Crippen LogP contribution in [0.4, 0.5) is 0 Å². The minimum Gasteiger partial charge on any atom is -0.481 e. The molecular weight excluding hydrogens is 305 g/mol. The zero-order valence-electron chi connectivity index (χ0n) is 11.4. The van der Waals surface area contributed by atoms with Gasteiger partial charge in [0, 0.05) is 18.8 Å². The predicted molar refractivity (Wildman–Crippen MR) is 78.5 cm³/mol. The van der Waals surface area contributed by atoms with Gasteiger partial charge < -0.3 is 10.0 Å². The molecule has 1 saturated heterocycles. The van der Waals surface area contributed by atoms with E-state index in [4.69, 9.17) is 5.11 Å². The van der Waals surface area contributed by atoms with Crippen LogP contribution in [0.5, 0.6) is 0 Å². The lowest BCUT2D eigenvalue weighted by Gasteiger charge is -2.16. The second kappa shape index (κ2) is 7.50. The molecule has 1 aromatic heterocycles. The number of hydrogen-bond donors (Lipinski definition) is 1. The molecule has 0 aliphatic carbocycles. The van der Waals surface area contributed by atoms with Crippen LogP contribution in [0.3, 0.4) is 0 Å². The second-order valence-corrected chi connectivity index (χ2v) is 4.75. The fourth-order valence-electron chi connectivity index (χ4n) is 2.25. The Kier molecular flexibility index (Phi) is 7.02. The van der Waals surface area contributed by atoms with Gasteiger partial charge in [-0.05, 0) is 26.3 Å². The van der Waals surface area contributed by atoms with Crippen LogP contribution < -0.4 is 0 Å². The summed E-state index contributed by atoms with van der Waals surface area (Å²) in [5, 5.41) is 13.1. The number of amides is 1. The number of aromatic nitrogens is 2. The van der Waals surface area contributed by atoms with Crippen LogP contribution >= 0.6 is 24.8 Å². The summed E-state index contributed by atoms with van der Waals surface area (Å²) < 4.78 is 1.66. The molecule has 1 unspecified atom stereocenters. The number of carboxylic acid groups (broad SMARTS) is 1. The van der Waals surface area contributed by atoms with Crippen molar-refractivity contribution in [2.75, 3.05) is 13.1 Å². The van der Waals surface area contributed by atoms with Crippen LogP contribution in [-0.2, 0) is 16.1 Å². The van der Waals surface area contributed by atoms with Gasteiger partial charge in [-0.25, -0.2) is 0 Å². The molecule has 1 N–H and O–H groups in total. The molecule has 0 aromatic carbocycles. The minimum absolute atomic E-state index is 0. The molecule has 0 saturated carbocycles. The Bertz CT molecular complexity index is 490. The average molecular weight is 324 g/mol. The molecule has 1 aliphatic heterocycles. The van der Waals surface area contributed by atoms with Gasteiger partial charge in [-0.15, -0.1) is 24.8 Å². The molecule has 1 atom stereocenters. The molecule has 1 amide bonds. The van der Waals surface area contributed by atoms with Crippen LogP contribution in [0.25, 0.3) is 0 Å². The molecule has 0 radical (unpaired) electrons. The minimum atomic E-state index is -0.823. The number of rotatable bonds is 3. The Hall–Kier alpha value is -1.27. The lowest BCUT2D eigenvalue weighted by atomic mass is 10.1. The number of hydrogen-bond acceptors (Lipinski definition) is 3. The summed E-state index contributed by atoms with van der Waals surface area (Å²) >= 11 is 0. The fourth-order valence-corrected chi connectivity index (χ4v) is 2.25. The maximum atomic E-state index is 12.0. The normalized spacial score (nSPS) is 17.3. The number of carbonyl (C=O) groups excluding carboxylic acids is 1. The summed E-state index contributed by atoms with van der Waals surface area (Å²) in [6.45, 7) is 4.80. The highest BCUT2D eigenvalue weighted by Crippen LogP contribution is 2.17. The third kappa shape index (κ3) is 4.11. The van der Waals surface area contributed by atoms with Crippen LogP contribution in [0, 0.1) is 19.8 Å². The van der Waals surface area contributed by atoms with E-state index in [1.165, 1.54) is 0 Å². The number of likely N-dealkylation sites (tertiary alicyclic amines) is 1. The first-order valence-corrected chi connectivity index (χ1v) is 5.99. The summed E-state index contributed by atoms with van der Waals surface area (Å²) in [6.07, 6.45) is 0.540. The number of aliphatic carboxylic acids is 1. The molecule has 114 valence electrons. The van der Waals surface area contributed by atoms with Crippen molar-refractivity contribution in [1.82, 2.24) is 14.7 Å². The van der Waals surface area contributed by atoms with Crippen molar-refractivity contribution in [1.29, 1.82) is 0 Å². The van der Waals surface area contributed by atoms with Gasteiger partial charge in [0.25, 0.3) is 0 Å². The van der Waals surface area contributed by atoms with E-state index in [1.54, 1.807) is 9.58 Å². The largest absolute Gasteiger partial charge is 0.481 e. The van der Waals surface area contributed by atoms with Gasteiger partial charge in [-0.2, -0.15) is 5.10 Å². The molecule has 1 aliphatic rings. The standard InChI is InChI=1S/C12H17N3O3.2ClH/c1-8-5-9(2)15(13-8)7-11(16)14-4-3-10(6-14)12(17)18;;/h5,10H,3-4,6-7H2,1-2H3,(H,17,18);2*1H. The van der Waals surface area contributed by atoms with E-state index in [0.717, 1.165) is 11.4 Å². The molecule has 2 rings (SSSR count). The van der Waals surface area contributed by atoms with Gasteiger partial charge in [0.05, 0.1) is 11.6 Å². The molecule has 0 bridgehead atoms. The van der Waals surface area contributed by atoms with Crippen molar-refractivity contribution < 1.29 is 14.7 Å². The lowest BCUT2D eigenvalue weighted by molar-refractivity contribution is -0.141. The lowest BCUT2D eigenvalue weighted by Crippen LogP contribution is -2.33. The molecule has 0 spiro atoms. The number of nitrogens with zero attached hydrogens (tertiary/aromatic N) is 3. The van der Waals surface area contributed by atoms with E-state index in [-0.39, 0.29) is 37.3 Å². The molecule has 6 nitrogen and oxygen atoms in total. The maximum Gasteiger partial charge on any atom is 0.308 e. The Labute approximate surface area is 130 Å². The Morgan fingerprint density at radius 3 is 2.50 bits per heavy atom. The molecule has 2 heterocycles. The van der Waals surface area contributed by atoms with E-state index >= 15 is 0 Å². The first-order chi connectivity index (χ1) is 8.47. The number of carbonyl (C=O) groups is 2. The van der Waals surface area contributed by atoms with E-state index in [9.17, 15) is 9.59 Å². The quantitative estimate of drug-likeness (QED) is 0.909. The topological polar surface area (TPSA) is 75.4 Å². The van der Waals surface area contributed by atoms with Crippen LogP contribution in [-0.4, -0.2) is 44.8 Å². The van der Waals surface area contributed by atoms with Gasteiger partial charge in [0.2, 0.25) is 5.91 Å². The summed E-state index contributed by atoms with van der Waals surface area (Å²) in [5.41, 5.74) is 1.82. The SMILES string of the molecule is Cc1cc(C)n(CC(=O)N2CCC(C(=O)O)C2)n1.Cl.Cl. The van der Waals surface area contributed by atoms with Crippen molar-refractivity contribution in [2.45, 2.75) is 26.8 Å². The zero-order valence-corrected chi connectivity index (χ0v) is 13.0. The molecule has 20 heavy (non-hydrogen) atoms. The number of halogens is 2. The summed E-state index contributed by atoms with van der Waals surface area (Å²) in [4.78, 5) is 24.5. The summed E-state index contributed by atoms with van der Waals surface area (Å²) in [5.74, 6) is -1.31. The summed E-state index contributed by atoms with van der Waals surface area (Å²) in [6, 6.07) is 1.91. The maximum absolute atomic E-state index is 12.0.